The summed E-state index contributed by atoms with van der Waals surface area (Å²) < 4.78 is 23.8. The highest BCUT2D eigenvalue weighted by Crippen LogP contribution is 2.22. The molecule has 18 heavy (non-hydrogen) atoms. The molecule has 1 amide bonds. The Kier molecular flexibility index (Phi) is 3.21. The largest absolute Gasteiger partial charge is 0.294 e. The molecule has 5 nitrogen and oxygen atoms in total. The third-order valence-corrected chi connectivity index (χ3v) is 3.35. The standard InChI is InChI=1S/C12H13NO4S/c1-18(16,17)13-12(15)9-5-6-10-8(7-9)3-2-4-11(10)14/h5-7H,2-4H2,1H3,(H,13,15). The van der Waals surface area contributed by atoms with Gasteiger partial charge in [0.15, 0.2) is 5.78 Å². The minimum atomic E-state index is -3.57. The predicted octanol–water partition coefficient (Wildman–Crippen LogP) is 0.895. The second-order valence-electron chi connectivity index (χ2n) is 4.35. The molecule has 0 spiro atoms. The van der Waals surface area contributed by atoms with Crippen LogP contribution in [0.4, 0.5) is 0 Å². The smallest absolute Gasteiger partial charge is 0.264 e. The maximum atomic E-state index is 11.7. The van der Waals surface area contributed by atoms with E-state index in [0.29, 0.717) is 12.0 Å². The molecule has 0 aromatic heterocycles. The molecule has 0 radical (unpaired) electrons. The molecule has 1 aliphatic rings. The van der Waals surface area contributed by atoms with Gasteiger partial charge in [-0.25, -0.2) is 13.1 Å². The zero-order chi connectivity index (χ0) is 13.3. The van der Waals surface area contributed by atoms with Crippen LogP contribution in [-0.2, 0) is 16.4 Å². The van der Waals surface area contributed by atoms with Crippen LogP contribution >= 0.6 is 0 Å². The van der Waals surface area contributed by atoms with Crippen molar-refractivity contribution in [2.75, 3.05) is 6.26 Å². The first kappa shape index (κ1) is 12.8. The van der Waals surface area contributed by atoms with Gasteiger partial charge >= 0.3 is 0 Å². The van der Waals surface area contributed by atoms with Crippen molar-refractivity contribution in [3.63, 3.8) is 0 Å². The second-order valence-corrected chi connectivity index (χ2v) is 6.10. The highest BCUT2D eigenvalue weighted by atomic mass is 32.2. The number of aryl methyl sites for hydroxylation is 1. The van der Waals surface area contributed by atoms with E-state index in [1.165, 1.54) is 6.07 Å². The lowest BCUT2D eigenvalue weighted by atomic mass is 9.89. The number of Topliss-reactive ketones (excluding diaryl/α,β-unsaturated/α-hetero) is 1. The first-order chi connectivity index (χ1) is 8.37. The summed E-state index contributed by atoms with van der Waals surface area (Å²) in [7, 11) is -3.57. The van der Waals surface area contributed by atoms with Crippen molar-refractivity contribution >= 4 is 21.7 Å². The van der Waals surface area contributed by atoms with E-state index in [4.69, 9.17) is 0 Å². The molecule has 6 heteroatoms. The van der Waals surface area contributed by atoms with Crippen LogP contribution in [0.2, 0.25) is 0 Å². The molecule has 0 atom stereocenters. The number of hydrogen-bond donors (Lipinski definition) is 1. The fourth-order valence-electron chi connectivity index (χ4n) is 2.02. The molecule has 96 valence electrons. The van der Waals surface area contributed by atoms with E-state index in [0.717, 1.165) is 24.7 Å². The van der Waals surface area contributed by atoms with Gasteiger partial charge in [-0.15, -0.1) is 0 Å². The van der Waals surface area contributed by atoms with E-state index in [9.17, 15) is 18.0 Å². The van der Waals surface area contributed by atoms with Crippen LogP contribution in [0.25, 0.3) is 0 Å². The molecule has 1 aromatic rings. The molecule has 1 aliphatic carbocycles. The number of rotatable bonds is 2. The molecule has 1 N–H and O–H groups in total. The molecule has 0 heterocycles. The first-order valence-corrected chi connectivity index (χ1v) is 7.44. The molecule has 0 aliphatic heterocycles. The summed E-state index contributed by atoms with van der Waals surface area (Å²) in [5.41, 5.74) is 1.71. The van der Waals surface area contributed by atoms with Crippen LogP contribution in [0.3, 0.4) is 0 Å². The van der Waals surface area contributed by atoms with Gasteiger partial charge < -0.3 is 0 Å². The topological polar surface area (TPSA) is 80.3 Å². The van der Waals surface area contributed by atoms with Gasteiger partial charge in [-0.3, -0.25) is 9.59 Å². The van der Waals surface area contributed by atoms with Gasteiger partial charge in [0.2, 0.25) is 10.0 Å². The molecular weight excluding hydrogens is 254 g/mol. The Balaban J connectivity index is 2.32. The fourth-order valence-corrected chi connectivity index (χ4v) is 2.47. The van der Waals surface area contributed by atoms with Gasteiger partial charge in [0.25, 0.3) is 5.91 Å². The van der Waals surface area contributed by atoms with Crippen LogP contribution in [0.15, 0.2) is 18.2 Å². The highest BCUT2D eigenvalue weighted by Gasteiger charge is 2.19. The number of benzene rings is 1. The molecule has 0 saturated heterocycles. The average Bonchev–Trinajstić information content (AvgIpc) is 2.26. The van der Waals surface area contributed by atoms with Gasteiger partial charge in [0.1, 0.15) is 0 Å². The summed E-state index contributed by atoms with van der Waals surface area (Å²) in [6.45, 7) is 0. The summed E-state index contributed by atoms with van der Waals surface area (Å²) in [6, 6.07) is 4.66. The fraction of sp³-hybridized carbons (Fsp3) is 0.333. The SMILES string of the molecule is CS(=O)(=O)NC(=O)c1ccc2c(c1)CCCC2=O. The van der Waals surface area contributed by atoms with Gasteiger partial charge in [-0.2, -0.15) is 0 Å². The lowest BCUT2D eigenvalue weighted by molar-refractivity contribution is 0.0963. The Morgan fingerprint density at radius 3 is 2.67 bits per heavy atom. The van der Waals surface area contributed by atoms with Gasteiger partial charge in [-0.05, 0) is 30.5 Å². The molecule has 1 aromatic carbocycles. The molecule has 0 saturated carbocycles. The molecule has 0 unspecified atom stereocenters. The van der Waals surface area contributed by atoms with Crippen LogP contribution in [-0.4, -0.2) is 26.4 Å². The summed E-state index contributed by atoms with van der Waals surface area (Å²) in [4.78, 5) is 23.3. The van der Waals surface area contributed by atoms with Gasteiger partial charge in [-0.1, -0.05) is 6.07 Å². The quantitative estimate of drug-likeness (QED) is 0.863. The number of sulfonamides is 1. The zero-order valence-corrected chi connectivity index (χ0v) is 10.7. The van der Waals surface area contributed by atoms with E-state index in [1.54, 1.807) is 12.1 Å². The van der Waals surface area contributed by atoms with Crippen LogP contribution in [0, 0.1) is 0 Å². The number of amides is 1. The van der Waals surface area contributed by atoms with E-state index in [-0.39, 0.29) is 11.3 Å². The van der Waals surface area contributed by atoms with E-state index in [2.05, 4.69) is 0 Å². The second kappa shape index (κ2) is 4.53. The minimum absolute atomic E-state index is 0.0753. The summed E-state index contributed by atoms with van der Waals surface area (Å²) in [5, 5.41) is 0. The number of carbonyl (C=O) groups excluding carboxylic acids is 2. The van der Waals surface area contributed by atoms with Crippen LogP contribution < -0.4 is 4.72 Å². The average molecular weight is 267 g/mol. The summed E-state index contributed by atoms with van der Waals surface area (Å²) in [6.07, 6.45) is 2.96. The lowest BCUT2D eigenvalue weighted by Crippen LogP contribution is -2.29. The van der Waals surface area contributed by atoms with Crippen molar-refractivity contribution in [3.8, 4) is 0 Å². The number of hydrogen-bond acceptors (Lipinski definition) is 4. The van der Waals surface area contributed by atoms with E-state index < -0.39 is 15.9 Å². The van der Waals surface area contributed by atoms with Crippen molar-refractivity contribution in [1.82, 2.24) is 4.72 Å². The molecular formula is C12H13NO4S. The van der Waals surface area contributed by atoms with Crippen molar-refractivity contribution < 1.29 is 18.0 Å². The van der Waals surface area contributed by atoms with Crippen molar-refractivity contribution in [3.05, 3.63) is 34.9 Å². The summed E-state index contributed by atoms with van der Waals surface area (Å²) >= 11 is 0. The van der Waals surface area contributed by atoms with Crippen molar-refractivity contribution in [1.29, 1.82) is 0 Å². The number of nitrogens with one attached hydrogen (secondary N) is 1. The number of fused-ring (bicyclic) bond motifs is 1. The third-order valence-electron chi connectivity index (χ3n) is 2.80. The Labute approximate surface area is 105 Å². The van der Waals surface area contributed by atoms with Gasteiger partial charge in [0.05, 0.1) is 6.26 Å². The Morgan fingerprint density at radius 1 is 1.28 bits per heavy atom. The lowest BCUT2D eigenvalue weighted by Gasteiger charge is -2.15. The third kappa shape index (κ3) is 2.76. The van der Waals surface area contributed by atoms with Crippen LogP contribution in [0.5, 0.6) is 0 Å². The number of ketones is 1. The van der Waals surface area contributed by atoms with Gasteiger partial charge in [0, 0.05) is 17.5 Å². The van der Waals surface area contributed by atoms with Crippen molar-refractivity contribution in [2.24, 2.45) is 0 Å². The Morgan fingerprint density at radius 2 is 2.00 bits per heavy atom. The number of carbonyl (C=O) groups is 2. The predicted molar refractivity (Wildman–Crippen MR) is 66.0 cm³/mol. The molecule has 0 bridgehead atoms. The summed E-state index contributed by atoms with van der Waals surface area (Å²) in [5.74, 6) is -0.593. The molecule has 0 fully saturated rings. The van der Waals surface area contributed by atoms with E-state index in [1.807, 2.05) is 4.72 Å². The maximum Gasteiger partial charge on any atom is 0.264 e. The highest BCUT2D eigenvalue weighted by molar-refractivity contribution is 7.89. The van der Waals surface area contributed by atoms with E-state index >= 15 is 0 Å². The minimum Gasteiger partial charge on any atom is -0.294 e. The van der Waals surface area contributed by atoms with Crippen molar-refractivity contribution in [2.45, 2.75) is 19.3 Å². The first-order valence-electron chi connectivity index (χ1n) is 5.55. The van der Waals surface area contributed by atoms with Crippen LogP contribution in [0.1, 0.15) is 39.1 Å². The Bertz CT molecular complexity index is 619. The maximum absolute atomic E-state index is 11.7. The normalized spacial score (nSPS) is 15.1. The monoisotopic (exact) mass is 267 g/mol. The Hall–Kier alpha value is -1.69. The zero-order valence-electron chi connectivity index (χ0n) is 9.89. The molecule has 2 rings (SSSR count).